The summed E-state index contributed by atoms with van der Waals surface area (Å²) in [5.74, 6) is -1.53. The van der Waals surface area contributed by atoms with E-state index in [0.29, 0.717) is 23.0 Å². The van der Waals surface area contributed by atoms with Crippen LogP contribution < -0.4 is 9.46 Å². The molecule has 1 aromatic heterocycles. The van der Waals surface area contributed by atoms with Crippen LogP contribution in [0.4, 0.5) is 13.2 Å². The average molecular weight is 624 g/mol. The summed E-state index contributed by atoms with van der Waals surface area (Å²) in [6, 6.07) is 12.6. The highest BCUT2D eigenvalue weighted by molar-refractivity contribution is 7.98. The maximum atomic E-state index is 15.2. The van der Waals surface area contributed by atoms with E-state index in [1.165, 1.54) is 43.1 Å². The summed E-state index contributed by atoms with van der Waals surface area (Å²) in [5, 5.41) is 0.429. The molecule has 41 heavy (non-hydrogen) atoms. The number of rotatable bonds is 11. The van der Waals surface area contributed by atoms with Crippen LogP contribution in [0, 0.1) is 17.5 Å². The highest BCUT2D eigenvalue weighted by atomic mass is 35.5. The van der Waals surface area contributed by atoms with Gasteiger partial charge in [0.05, 0.1) is 23.9 Å². The highest BCUT2D eigenvalue weighted by Crippen LogP contribution is 2.39. The summed E-state index contributed by atoms with van der Waals surface area (Å²) < 4.78 is 77.5. The Morgan fingerprint density at radius 3 is 2.39 bits per heavy atom. The topological polar surface area (TPSA) is 73.2 Å². The summed E-state index contributed by atoms with van der Waals surface area (Å²) in [4.78, 5) is 4.33. The molecule has 0 radical (unpaired) electrons. The molecule has 6 nitrogen and oxygen atoms in total. The number of ether oxygens (including phenoxy) is 1. The molecule has 0 saturated heterocycles. The SMILES string of the molecule is CCCNS(=O)(=O)c1cc(F)c(CSc2ncc(C(C)(C)c3ccc(F)c(OC)c3)n2-c2ccc(F)cc2)c(Cl)c1. The van der Waals surface area contributed by atoms with Gasteiger partial charge in [-0.15, -0.1) is 0 Å². The first kappa shape index (κ1) is 31.0. The van der Waals surface area contributed by atoms with Gasteiger partial charge < -0.3 is 4.74 Å². The maximum Gasteiger partial charge on any atom is 0.240 e. The zero-order valence-corrected chi connectivity index (χ0v) is 25.2. The standard InChI is InChI=1S/C29H29ClF3N3O3S2/c1-5-12-35-41(37,38)21-14-23(30)22(25(33)15-21)17-40-28-34-16-27(36(28)20-9-7-19(31)8-10-20)29(2,3)18-6-11-24(32)26(13-18)39-4/h6-11,13-16,35H,5,12,17H2,1-4H3. The minimum atomic E-state index is -3.91. The number of nitrogens with zero attached hydrogens (tertiary/aromatic N) is 2. The van der Waals surface area contributed by atoms with Crippen molar-refractivity contribution in [2.75, 3.05) is 13.7 Å². The summed E-state index contributed by atoms with van der Waals surface area (Å²) in [7, 11) is -2.52. The Hall–Kier alpha value is -2.99. The Morgan fingerprint density at radius 1 is 1.05 bits per heavy atom. The second kappa shape index (κ2) is 12.5. The molecular formula is C29H29ClF3N3O3S2. The normalized spacial score (nSPS) is 12.1. The molecule has 0 bridgehead atoms. The van der Waals surface area contributed by atoms with E-state index in [4.69, 9.17) is 16.3 Å². The lowest BCUT2D eigenvalue weighted by molar-refractivity contribution is 0.384. The van der Waals surface area contributed by atoms with E-state index in [2.05, 4.69) is 9.71 Å². The van der Waals surface area contributed by atoms with Crippen molar-refractivity contribution in [3.05, 3.63) is 100 Å². The Balaban J connectivity index is 1.73. The quantitative estimate of drug-likeness (QED) is 0.178. The number of aromatic nitrogens is 2. The summed E-state index contributed by atoms with van der Waals surface area (Å²) in [5.41, 5.74) is 1.46. The largest absolute Gasteiger partial charge is 0.494 e. The smallest absolute Gasteiger partial charge is 0.240 e. The van der Waals surface area contributed by atoms with Crippen molar-refractivity contribution < 1.29 is 26.3 Å². The Bertz CT molecular complexity index is 1640. The number of benzene rings is 3. The molecule has 4 aromatic rings. The number of thioether (sulfide) groups is 1. The highest BCUT2D eigenvalue weighted by Gasteiger charge is 2.31. The molecule has 12 heteroatoms. The Kier molecular flexibility index (Phi) is 9.42. The minimum Gasteiger partial charge on any atom is -0.494 e. The number of imidazole rings is 1. The molecule has 0 amide bonds. The van der Waals surface area contributed by atoms with Gasteiger partial charge in [-0.3, -0.25) is 4.57 Å². The lowest BCUT2D eigenvalue weighted by Crippen LogP contribution is -2.24. The average Bonchev–Trinajstić information content (AvgIpc) is 3.36. The number of halogens is 4. The van der Waals surface area contributed by atoms with E-state index < -0.39 is 32.9 Å². The lowest BCUT2D eigenvalue weighted by Gasteiger charge is -2.28. The van der Waals surface area contributed by atoms with E-state index in [9.17, 15) is 17.2 Å². The second-order valence-corrected chi connectivity index (χ2v) is 12.9. The number of sulfonamides is 1. The van der Waals surface area contributed by atoms with Crippen LogP contribution in [0.5, 0.6) is 5.75 Å². The predicted octanol–water partition coefficient (Wildman–Crippen LogP) is 7.26. The fraction of sp³-hybridized carbons (Fsp3) is 0.276. The van der Waals surface area contributed by atoms with Gasteiger partial charge in [0, 0.05) is 34.0 Å². The van der Waals surface area contributed by atoms with Gasteiger partial charge in [0.15, 0.2) is 16.7 Å². The van der Waals surface area contributed by atoms with Gasteiger partial charge in [0.2, 0.25) is 10.0 Å². The second-order valence-electron chi connectivity index (χ2n) is 9.76. The van der Waals surface area contributed by atoms with Gasteiger partial charge in [0.25, 0.3) is 0 Å². The monoisotopic (exact) mass is 623 g/mol. The Morgan fingerprint density at radius 2 is 1.76 bits per heavy atom. The van der Waals surface area contributed by atoms with Gasteiger partial charge in [0.1, 0.15) is 11.6 Å². The molecule has 1 heterocycles. The molecule has 0 unspecified atom stereocenters. The molecule has 4 rings (SSSR count). The number of hydrogen-bond acceptors (Lipinski definition) is 5. The first-order valence-electron chi connectivity index (χ1n) is 12.7. The van der Waals surface area contributed by atoms with Crippen LogP contribution in [0.15, 0.2) is 70.8 Å². The van der Waals surface area contributed by atoms with E-state index in [-0.39, 0.29) is 33.5 Å². The van der Waals surface area contributed by atoms with Crippen molar-refractivity contribution in [1.29, 1.82) is 0 Å². The van der Waals surface area contributed by atoms with Crippen molar-refractivity contribution in [3.8, 4) is 11.4 Å². The van der Waals surface area contributed by atoms with Crippen LogP contribution in [-0.2, 0) is 21.2 Å². The van der Waals surface area contributed by atoms with Gasteiger partial charge in [-0.25, -0.2) is 31.3 Å². The third kappa shape index (κ3) is 6.58. The van der Waals surface area contributed by atoms with Gasteiger partial charge in [-0.05, 0) is 60.5 Å². The van der Waals surface area contributed by atoms with Crippen LogP contribution in [0.1, 0.15) is 44.0 Å². The summed E-state index contributed by atoms with van der Waals surface area (Å²) in [6.07, 6.45) is 2.24. The molecule has 0 spiro atoms. The molecule has 0 fully saturated rings. The molecule has 0 saturated carbocycles. The van der Waals surface area contributed by atoms with Gasteiger partial charge in [-0.2, -0.15) is 0 Å². The molecule has 1 N–H and O–H groups in total. The van der Waals surface area contributed by atoms with Crippen LogP contribution in [-0.4, -0.2) is 31.6 Å². The summed E-state index contributed by atoms with van der Waals surface area (Å²) in [6.45, 7) is 5.91. The molecular weight excluding hydrogens is 595 g/mol. The third-order valence-electron chi connectivity index (χ3n) is 6.64. The molecule has 0 aliphatic heterocycles. The van der Waals surface area contributed by atoms with Crippen LogP contribution in [0.3, 0.4) is 0 Å². The summed E-state index contributed by atoms with van der Waals surface area (Å²) >= 11 is 7.54. The Labute approximate surface area is 247 Å². The minimum absolute atomic E-state index is 0.0341. The first-order chi connectivity index (χ1) is 19.4. The van der Waals surface area contributed by atoms with Crippen LogP contribution in [0.2, 0.25) is 5.02 Å². The van der Waals surface area contributed by atoms with Gasteiger partial charge >= 0.3 is 0 Å². The zero-order valence-electron chi connectivity index (χ0n) is 22.8. The van der Waals surface area contributed by atoms with E-state index in [1.807, 2.05) is 25.3 Å². The fourth-order valence-electron chi connectivity index (χ4n) is 4.24. The van der Waals surface area contributed by atoms with Crippen molar-refractivity contribution >= 4 is 33.4 Å². The predicted molar refractivity (Wildman–Crippen MR) is 155 cm³/mol. The van der Waals surface area contributed by atoms with Crippen LogP contribution >= 0.6 is 23.4 Å². The van der Waals surface area contributed by atoms with Crippen molar-refractivity contribution in [3.63, 3.8) is 0 Å². The number of methoxy groups -OCH3 is 1. The van der Waals surface area contributed by atoms with Crippen molar-refractivity contribution in [2.45, 2.75) is 48.4 Å². The molecule has 3 aromatic carbocycles. The molecule has 0 aliphatic rings. The van der Waals surface area contributed by atoms with E-state index in [1.54, 1.807) is 30.5 Å². The van der Waals surface area contributed by atoms with Crippen molar-refractivity contribution in [1.82, 2.24) is 14.3 Å². The molecule has 218 valence electrons. The fourth-order valence-corrected chi connectivity index (χ4v) is 6.86. The van der Waals surface area contributed by atoms with Crippen molar-refractivity contribution in [2.24, 2.45) is 0 Å². The first-order valence-corrected chi connectivity index (χ1v) is 15.5. The number of nitrogens with one attached hydrogen (secondary N) is 1. The maximum absolute atomic E-state index is 15.2. The van der Waals surface area contributed by atoms with Crippen LogP contribution in [0.25, 0.3) is 5.69 Å². The number of hydrogen-bond donors (Lipinski definition) is 1. The van der Waals surface area contributed by atoms with Gasteiger partial charge in [-0.1, -0.05) is 50.2 Å². The molecule has 0 aliphatic carbocycles. The van der Waals surface area contributed by atoms with E-state index in [0.717, 1.165) is 11.6 Å². The zero-order chi connectivity index (χ0) is 29.9. The molecule has 0 atom stereocenters. The van der Waals surface area contributed by atoms with E-state index >= 15 is 4.39 Å². The lowest BCUT2D eigenvalue weighted by atomic mass is 9.81. The third-order valence-corrected chi connectivity index (χ3v) is 9.40.